The number of benzene rings is 2. The Morgan fingerprint density at radius 1 is 1.03 bits per heavy atom. The first-order valence-electron chi connectivity index (χ1n) is 13.1. The Morgan fingerprint density at radius 3 is 2.43 bits per heavy atom. The first-order valence-corrected chi connectivity index (χ1v) is 13.1. The monoisotopic (exact) mass is 478 g/mol. The van der Waals surface area contributed by atoms with Gasteiger partial charge in [0, 0.05) is 17.5 Å². The fourth-order valence-corrected chi connectivity index (χ4v) is 4.63. The summed E-state index contributed by atoms with van der Waals surface area (Å²) in [6.07, 6.45) is 5.33. The van der Waals surface area contributed by atoms with Gasteiger partial charge in [-0.05, 0) is 60.3 Å². The molecule has 4 nitrogen and oxygen atoms in total. The topological polar surface area (TPSA) is 52.6 Å². The van der Waals surface area contributed by atoms with Gasteiger partial charge in [0.25, 0.3) is 0 Å². The van der Waals surface area contributed by atoms with Crippen LogP contribution in [0.2, 0.25) is 0 Å². The lowest BCUT2D eigenvalue weighted by molar-refractivity contribution is -0.143. The second-order valence-electron chi connectivity index (χ2n) is 11.5. The van der Waals surface area contributed by atoms with Crippen molar-refractivity contribution in [1.29, 1.82) is 0 Å². The highest BCUT2D eigenvalue weighted by Gasteiger charge is 2.38. The van der Waals surface area contributed by atoms with Crippen LogP contribution in [0.4, 0.5) is 0 Å². The second-order valence-corrected chi connectivity index (χ2v) is 11.5. The summed E-state index contributed by atoms with van der Waals surface area (Å²) in [5, 5.41) is 0. The SMILES string of the molecule is Cc1ccc(C2C(=O)Oc3c2cc(CCC(=O)OCCCCCC(C)C)cc3C(C)(C)C)cc1C. The molecule has 1 aliphatic heterocycles. The maximum absolute atomic E-state index is 13.0. The van der Waals surface area contributed by atoms with E-state index in [4.69, 9.17) is 9.47 Å². The van der Waals surface area contributed by atoms with Gasteiger partial charge in [-0.3, -0.25) is 9.59 Å². The van der Waals surface area contributed by atoms with Gasteiger partial charge >= 0.3 is 11.9 Å². The van der Waals surface area contributed by atoms with Crippen LogP contribution in [0.25, 0.3) is 0 Å². The van der Waals surface area contributed by atoms with Crippen molar-refractivity contribution in [3.8, 4) is 5.75 Å². The lowest BCUT2D eigenvalue weighted by atomic mass is 9.81. The molecule has 1 unspecified atom stereocenters. The highest BCUT2D eigenvalue weighted by Crippen LogP contribution is 2.46. The Morgan fingerprint density at radius 2 is 1.77 bits per heavy atom. The molecule has 0 amide bonds. The number of fused-ring (bicyclic) bond motifs is 1. The van der Waals surface area contributed by atoms with E-state index in [1.807, 2.05) is 6.07 Å². The van der Waals surface area contributed by atoms with Crippen molar-refractivity contribution < 1.29 is 19.1 Å². The molecule has 190 valence electrons. The standard InChI is InChI=1S/C31H42O4/c1-20(2)11-9-8-10-16-34-27(32)15-13-23-18-25-28(24-14-12-21(3)22(4)17-24)30(33)35-29(25)26(19-23)31(5,6)7/h12,14,17-20,28H,8-11,13,15-16H2,1-7H3. The molecule has 0 spiro atoms. The molecule has 4 heteroatoms. The number of aryl methyl sites for hydroxylation is 3. The molecule has 1 heterocycles. The number of ether oxygens (including phenoxy) is 2. The summed E-state index contributed by atoms with van der Waals surface area (Å²) in [7, 11) is 0. The lowest BCUT2D eigenvalue weighted by Gasteiger charge is -2.23. The third kappa shape index (κ3) is 6.96. The van der Waals surface area contributed by atoms with E-state index in [1.54, 1.807) is 0 Å². The maximum atomic E-state index is 13.0. The predicted octanol–water partition coefficient (Wildman–Crippen LogP) is 7.34. The third-order valence-corrected chi connectivity index (χ3v) is 6.91. The third-order valence-electron chi connectivity index (χ3n) is 6.91. The van der Waals surface area contributed by atoms with Crippen LogP contribution in [0.1, 0.15) is 106 Å². The van der Waals surface area contributed by atoms with E-state index in [0.717, 1.165) is 46.6 Å². The summed E-state index contributed by atoms with van der Waals surface area (Å²) in [6, 6.07) is 10.3. The van der Waals surface area contributed by atoms with Crippen LogP contribution < -0.4 is 4.74 Å². The van der Waals surface area contributed by atoms with Gasteiger partial charge in [0.05, 0.1) is 6.61 Å². The number of unbranched alkanes of at least 4 members (excludes halogenated alkanes) is 2. The van der Waals surface area contributed by atoms with Crippen LogP contribution >= 0.6 is 0 Å². The van der Waals surface area contributed by atoms with Crippen molar-refractivity contribution in [2.75, 3.05) is 6.61 Å². The van der Waals surface area contributed by atoms with Crippen molar-refractivity contribution in [3.63, 3.8) is 0 Å². The zero-order valence-corrected chi connectivity index (χ0v) is 22.6. The van der Waals surface area contributed by atoms with Crippen LogP contribution in [-0.2, 0) is 26.2 Å². The van der Waals surface area contributed by atoms with E-state index < -0.39 is 5.92 Å². The van der Waals surface area contributed by atoms with Crippen molar-refractivity contribution >= 4 is 11.9 Å². The summed E-state index contributed by atoms with van der Waals surface area (Å²) in [5.41, 5.74) is 6.04. The molecule has 0 N–H and O–H groups in total. The normalized spacial score (nSPS) is 15.3. The molecule has 0 fully saturated rings. The molecular weight excluding hydrogens is 436 g/mol. The number of esters is 2. The quantitative estimate of drug-likeness (QED) is 0.204. The molecule has 0 saturated heterocycles. The van der Waals surface area contributed by atoms with Crippen LogP contribution in [0.3, 0.4) is 0 Å². The summed E-state index contributed by atoms with van der Waals surface area (Å²) in [4.78, 5) is 25.4. The average molecular weight is 479 g/mol. The van der Waals surface area contributed by atoms with E-state index in [-0.39, 0.29) is 17.4 Å². The Balaban J connectivity index is 1.74. The molecule has 0 aliphatic carbocycles. The minimum atomic E-state index is -0.442. The predicted molar refractivity (Wildman–Crippen MR) is 141 cm³/mol. The fourth-order valence-electron chi connectivity index (χ4n) is 4.63. The van der Waals surface area contributed by atoms with E-state index >= 15 is 0 Å². The van der Waals surface area contributed by atoms with Crippen molar-refractivity contribution in [1.82, 2.24) is 0 Å². The average Bonchev–Trinajstić information content (AvgIpc) is 3.10. The Kier molecular flexibility index (Phi) is 8.79. The van der Waals surface area contributed by atoms with Crippen LogP contribution in [0.15, 0.2) is 30.3 Å². The van der Waals surface area contributed by atoms with Crippen LogP contribution in [0, 0.1) is 19.8 Å². The Hall–Kier alpha value is -2.62. The van der Waals surface area contributed by atoms with E-state index in [1.165, 1.54) is 18.4 Å². The number of carbonyl (C=O) groups is 2. The molecule has 3 rings (SSSR count). The highest BCUT2D eigenvalue weighted by molar-refractivity contribution is 5.90. The molecule has 35 heavy (non-hydrogen) atoms. The van der Waals surface area contributed by atoms with Gasteiger partial charge in [-0.1, -0.05) is 84.2 Å². The highest BCUT2D eigenvalue weighted by atomic mass is 16.5. The number of carbonyl (C=O) groups excluding carboxylic acids is 2. The smallest absolute Gasteiger partial charge is 0.323 e. The maximum Gasteiger partial charge on any atom is 0.323 e. The van der Waals surface area contributed by atoms with E-state index in [2.05, 4.69) is 72.7 Å². The minimum absolute atomic E-state index is 0.162. The number of hydrogen-bond donors (Lipinski definition) is 0. The van der Waals surface area contributed by atoms with Gasteiger partial charge in [-0.15, -0.1) is 0 Å². The molecule has 0 bridgehead atoms. The molecule has 0 aromatic heterocycles. The first kappa shape index (κ1) is 27.0. The largest absolute Gasteiger partial charge is 0.466 e. The zero-order valence-electron chi connectivity index (χ0n) is 22.6. The molecule has 1 atom stereocenters. The molecule has 0 saturated carbocycles. The zero-order chi connectivity index (χ0) is 25.8. The van der Waals surface area contributed by atoms with Gasteiger partial charge in [0.1, 0.15) is 11.7 Å². The summed E-state index contributed by atoms with van der Waals surface area (Å²) < 4.78 is 11.3. The number of hydrogen-bond acceptors (Lipinski definition) is 4. The van der Waals surface area contributed by atoms with E-state index in [0.29, 0.717) is 25.2 Å². The Bertz CT molecular complexity index is 1060. The number of rotatable bonds is 10. The first-order chi connectivity index (χ1) is 16.5. The van der Waals surface area contributed by atoms with Crippen molar-refractivity contribution in [3.05, 3.63) is 63.7 Å². The van der Waals surface area contributed by atoms with Crippen LogP contribution in [0.5, 0.6) is 5.75 Å². The molecule has 2 aromatic carbocycles. The van der Waals surface area contributed by atoms with Gasteiger partial charge in [-0.2, -0.15) is 0 Å². The van der Waals surface area contributed by atoms with Crippen molar-refractivity contribution in [2.24, 2.45) is 5.92 Å². The van der Waals surface area contributed by atoms with Gasteiger partial charge in [-0.25, -0.2) is 0 Å². The van der Waals surface area contributed by atoms with E-state index in [9.17, 15) is 9.59 Å². The van der Waals surface area contributed by atoms with Crippen LogP contribution in [-0.4, -0.2) is 18.5 Å². The fraction of sp³-hybridized carbons (Fsp3) is 0.548. The van der Waals surface area contributed by atoms with Gasteiger partial charge < -0.3 is 9.47 Å². The summed E-state index contributed by atoms with van der Waals surface area (Å²) >= 11 is 0. The molecule has 2 aromatic rings. The Labute approximate surface area is 211 Å². The summed E-state index contributed by atoms with van der Waals surface area (Å²) in [5.74, 6) is 0.562. The van der Waals surface area contributed by atoms with Gasteiger partial charge in [0.2, 0.25) is 0 Å². The second kappa shape index (κ2) is 11.4. The molecule has 1 aliphatic rings. The summed E-state index contributed by atoms with van der Waals surface area (Å²) in [6.45, 7) is 15.5. The lowest BCUT2D eigenvalue weighted by Crippen LogP contribution is -2.14. The molecular formula is C31H42O4. The van der Waals surface area contributed by atoms with Gasteiger partial charge in [0.15, 0.2) is 0 Å². The minimum Gasteiger partial charge on any atom is -0.466 e. The molecule has 0 radical (unpaired) electrons. The van der Waals surface area contributed by atoms with Crippen molar-refractivity contribution in [2.45, 2.75) is 98.3 Å².